The molecule has 8 rings (SSSR count). The van der Waals surface area contributed by atoms with Crippen LogP contribution in [-0.2, 0) is 9.31 Å². The van der Waals surface area contributed by atoms with Crippen molar-refractivity contribution in [2.45, 2.75) is 38.9 Å². The number of fused-ring (bicyclic) bond motifs is 3. The SMILES string of the molecule is CC1(C)OB(c2ccc(-n3c4ccccc4c4cc(-c5nc(-c6ccccc6)nc(-c6ccccc6)n5)ccc43)cc2)OC1(C)C. The fraction of sp³-hybridized carbons (Fsp3) is 0.154. The average molecular weight is 601 g/mol. The summed E-state index contributed by atoms with van der Waals surface area (Å²) in [7, 11) is -0.401. The van der Waals surface area contributed by atoms with Gasteiger partial charge in [0.1, 0.15) is 0 Å². The largest absolute Gasteiger partial charge is 0.494 e. The Morgan fingerprint density at radius 3 is 1.59 bits per heavy atom. The Morgan fingerprint density at radius 2 is 1.00 bits per heavy atom. The van der Waals surface area contributed by atoms with E-state index in [2.05, 4.69) is 99.0 Å². The molecular formula is C39H33BN4O2. The van der Waals surface area contributed by atoms with Crippen molar-refractivity contribution in [2.24, 2.45) is 0 Å². The van der Waals surface area contributed by atoms with Gasteiger partial charge >= 0.3 is 7.12 Å². The van der Waals surface area contributed by atoms with Crippen LogP contribution in [0.2, 0.25) is 0 Å². The quantitative estimate of drug-likeness (QED) is 0.186. The Balaban J connectivity index is 1.24. The summed E-state index contributed by atoms with van der Waals surface area (Å²) in [4.78, 5) is 14.8. The van der Waals surface area contributed by atoms with Gasteiger partial charge in [0.2, 0.25) is 0 Å². The van der Waals surface area contributed by atoms with Crippen LogP contribution in [-0.4, -0.2) is 37.8 Å². The molecule has 1 fully saturated rings. The highest BCUT2D eigenvalue weighted by Crippen LogP contribution is 2.37. The van der Waals surface area contributed by atoms with Gasteiger partial charge in [-0.15, -0.1) is 0 Å². The van der Waals surface area contributed by atoms with E-state index in [1.165, 1.54) is 0 Å². The summed E-state index contributed by atoms with van der Waals surface area (Å²) in [5, 5.41) is 2.29. The molecule has 2 aromatic heterocycles. The molecule has 0 N–H and O–H groups in total. The molecule has 0 radical (unpaired) electrons. The van der Waals surface area contributed by atoms with Crippen molar-refractivity contribution in [3.63, 3.8) is 0 Å². The summed E-state index contributed by atoms with van der Waals surface area (Å²) in [6.45, 7) is 8.32. The molecule has 3 heterocycles. The highest BCUT2D eigenvalue weighted by molar-refractivity contribution is 6.62. The van der Waals surface area contributed by atoms with Crippen LogP contribution in [0.1, 0.15) is 27.7 Å². The van der Waals surface area contributed by atoms with Crippen LogP contribution in [0.15, 0.2) is 127 Å². The molecule has 7 heteroatoms. The molecular weight excluding hydrogens is 567 g/mol. The molecule has 0 spiro atoms. The fourth-order valence-electron chi connectivity index (χ4n) is 6.09. The van der Waals surface area contributed by atoms with Crippen molar-refractivity contribution in [3.05, 3.63) is 127 Å². The number of para-hydroxylation sites is 1. The molecule has 0 bridgehead atoms. The zero-order chi connectivity index (χ0) is 31.5. The molecule has 0 saturated carbocycles. The molecule has 0 amide bonds. The molecule has 46 heavy (non-hydrogen) atoms. The number of benzene rings is 5. The van der Waals surface area contributed by atoms with Crippen molar-refractivity contribution >= 4 is 34.4 Å². The summed E-state index contributed by atoms with van der Waals surface area (Å²) in [6, 6.07) is 43.6. The van der Waals surface area contributed by atoms with Gasteiger partial charge in [0, 0.05) is 33.2 Å². The minimum Gasteiger partial charge on any atom is -0.399 e. The van der Waals surface area contributed by atoms with Gasteiger partial charge in [-0.3, -0.25) is 0 Å². The van der Waals surface area contributed by atoms with E-state index in [-0.39, 0.29) is 11.2 Å². The third-order valence-electron chi connectivity index (χ3n) is 9.31. The van der Waals surface area contributed by atoms with Crippen molar-refractivity contribution in [1.29, 1.82) is 0 Å². The third kappa shape index (κ3) is 4.80. The topological polar surface area (TPSA) is 62.1 Å². The van der Waals surface area contributed by atoms with Crippen LogP contribution in [0.4, 0.5) is 0 Å². The molecule has 0 unspecified atom stereocenters. The number of nitrogens with zero attached hydrogens (tertiary/aromatic N) is 4. The number of rotatable bonds is 5. The van der Waals surface area contributed by atoms with Crippen LogP contribution in [0, 0.1) is 0 Å². The summed E-state index contributed by atoms with van der Waals surface area (Å²) in [6.07, 6.45) is 0. The first-order chi connectivity index (χ1) is 22.3. The smallest absolute Gasteiger partial charge is 0.399 e. The Hall–Kier alpha value is -5.11. The van der Waals surface area contributed by atoms with E-state index in [9.17, 15) is 0 Å². The predicted molar refractivity (Wildman–Crippen MR) is 186 cm³/mol. The second kappa shape index (κ2) is 10.8. The second-order valence-electron chi connectivity index (χ2n) is 12.8. The zero-order valence-corrected chi connectivity index (χ0v) is 26.3. The maximum atomic E-state index is 6.30. The van der Waals surface area contributed by atoms with E-state index in [1.54, 1.807) is 0 Å². The Morgan fingerprint density at radius 1 is 0.500 bits per heavy atom. The van der Waals surface area contributed by atoms with Gasteiger partial charge < -0.3 is 13.9 Å². The molecule has 5 aromatic carbocycles. The van der Waals surface area contributed by atoms with Gasteiger partial charge in [0.05, 0.1) is 22.2 Å². The summed E-state index contributed by atoms with van der Waals surface area (Å²) >= 11 is 0. The van der Waals surface area contributed by atoms with Crippen LogP contribution in [0.3, 0.4) is 0 Å². The number of hydrogen-bond donors (Lipinski definition) is 0. The van der Waals surface area contributed by atoms with Crippen molar-refractivity contribution in [1.82, 2.24) is 19.5 Å². The Bertz CT molecular complexity index is 2140. The molecule has 1 aliphatic heterocycles. The monoisotopic (exact) mass is 600 g/mol. The van der Waals surface area contributed by atoms with Gasteiger partial charge in [-0.25, -0.2) is 15.0 Å². The first-order valence-electron chi connectivity index (χ1n) is 15.6. The minimum atomic E-state index is -0.401. The lowest BCUT2D eigenvalue weighted by Gasteiger charge is -2.32. The van der Waals surface area contributed by atoms with Crippen LogP contribution < -0.4 is 5.46 Å². The molecule has 1 saturated heterocycles. The van der Waals surface area contributed by atoms with Crippen LogP contribution in [0.5, 0.6) is 0 Å². The standard InChI is InChI=1S/C39H33BN4O2/c1-38(2)39(3,4)46-40(45-38)29-20-22-30(23-21-29)44-33-18-12-11-17-31(33)32-25-28(19-24-34(32)44)37-42-35(26-13-7-5-8-14-26)41-36(43-37)27-15-9-6-10-16-27/h5-25H,1-4H3. The highest BCUT2D eigenvalue weighted by Gasteiger charge is 2.51. The third-order valence-corrected chi connectivity index (χ3v) is 9.31. The second-order valence-corrected chi connectivity index (χ2v) is 12.8. The lowest BCUT2D eigenvalue weighted by Crippen LogP contribution is -2.41. The maximum absolute atomic E-state index is 6.30. The van der Waals surface area contributed by atoms with E-state index < -0.39 is 7.12 Å². The molecule has 0 aliphatic carbocycles. The highest BCUT2D eigenvalue weighted by atomic mass is 16.7. The summed E-state index contributed by atoms with van der Waals surface area (Å²) in [5.74, 6) is 1.93. The average Bonchev–Trinajstić information content (AvgIpc) is 3.53. The molecule has 6 nitrogen and oxygen atoms in total. The normalized spacial score (nSPS) is 15.5. The van der Waals surface area contributed by atoms with Gasteiger partial charge in [-0.2, -0.15) is 0 Å². The summed E-state index contributed by atoms with van der Waals surface area (Å²) in [5.41, 5.74) is 6.36. The van der Waals surface area contributed by atoms with Gasteiger partial charge in [0.25, 0.3) is 0 Å². The van der Waals surface area contributed by atoms with Crippen LogP contribution in [0.25, 0.3) is 61.7 Å². The van der Waals surface area contributed by atoms with E-state index in [4.69, 9.17) is 24.3 Å². The van der Waals surface area contributed by atoms with E-state index in [1.807, 2.05) is 60.7 Å². The lowest BCUT2D eigenvalue weighted by molar-refractivity contribution is 0.00578. The first kappa shape index (κ1) is 28.4. The molecule has 7 aromatic rings. The Labute approximate surface area is 268 Å². The minimum absolute atomic E-state index is 0.386. The van der Waals surface area contributed by atoms with Crippen LogP contribution >= 0.6 is 0 Å². The lowest BCUT2D eigenvalue weighted by atomic mass is 9.79. The first-order valence-corrected chi connectivity index (χ1v) is 15.6. The van der Waals surface area contributed by atoms with E-state index in [0.29, 0.717) is 17.5 Å². The molecule has 224 valence electrons. The van der Waals surface area contributed by atoms with Gasteiger partial charge in [-0.05, 0) is 69.6 Å². The fourth-order valence-corrected chi connectivity index (χ4v) is 6.09. The Kier molecular flexibility index (Phi) is 6.64. The molecule has 1 aliphatic rings. The van der Waals surface area contributed by atoms with E-state index >= 15 is 0 Å². The summed E-state index contributed by atoms with van der Waals surface area (Å²) < 4.78 is 14.9. The van der Waals surface area contributed by atoms with Gasteiger partial charge in [0.15, 0.2) is 17.5 Å². The maximum Gasteiger partial charge on any atom is 0.494 e. The zero-order valence-electron chi connectivity index (χ0n) is 26.3. The van der Waals surface area contributed by atoms with Crippen molar-refractivity contribution in [2.75, 3.05) is 0 Å². The van der Waals surface area contributed by atoms with Gasteiger partial charge in [-0.1, -0.05) is 91.0 Å². The predicted octanol–water partition coefficient (Wildman–Crippen LogP) is 8.27. The molecule has 0 atom stereocenters. The number of aromatic nitrogens is 4. The number of hydrogen-bond acceptors (Lipinski definition) is 5. The van der Waals surface area contributed by atoms with Crippen molar-refractivity contribution < 1.29 is 9.31 Å². The van der Waals surface area contributed by atoms with Crippen molar-refractivity contribution in [3.8, 4) is 39.9 Å². The van der Waals surface area contributed by atoms with E-state index in [0.717, 1.165) is 49.6 Å².